The predicted molar refractivity (Wildman–Crippen MR) is 76.5 cm³/mol. The maximum absolute atomic E-state index is 4.51. The number of hydrogen-bond donors (Lipinski definition) is 1. The molecule has 0 bridgehead atoms. The van der Waals surface area contributed by atoms with Crippen molar-refractivity contribution in [1.29, 1.82) is 0 Å². The molecule has 2 rings (SSSR count). The van der Waals surface area contributed by atoms with E-state index in [1.54, 1.807) is 12.4 Å². The van der Waals surface area contributed by atoms with Gasteiger partial charge in [0.1, 0.15) is 11.5 Å². The van der Waals surface area contributed by atoms with Gasteiger partial charge in [-0.15, -0.1) is 0 Å². The molecule has 2 heterocycles. The molecule has 0 aliphatic rings. The lowest BCUT2D eigenvalue weighted by atomic mass is 10.1. The number of nitrogens with one attached hydrogen (secondary N) is 1. The van der Waals surface area contributed by atoms with Crippen molar-refractivity contribution in [2.75, 3.05) is 11.9 Å². The molecule has 1 N–H and O–H groups in total. The van der Waals surface area contributed by atoms with E-state index in [4.69, 9.17) is 0 Å². The Morgan fingerprint density at radius 2 is 2.11 bits per heavy atom. The Morgan fingerprint density at radius 1 is 1.28 bits per heavy atom. The van der Waals surface area contributed by atoms with E-state index < -0.39 is 0 Å². The highest BCUT2D eigenvalue weighted by Gasteiger charge is 2.10. The van der Waals surface area contributed by atoms with Gasteiger partial charge in [-0.1, -0.05) is 13.0 Å². The summed E-state index contributed by atoms with van der Waals surface area (Å²) in [6.07, 6.45) is 4.44. The summed E-state index contributed by atoms with van der Waals surface area (Å²) >= 11 is 3.43. The Kier molecular flexibility index (Phi) is 4.25. The van der Waals surface area contributed by atoms with Gasteiger partial charge in [-0.3, -0.25) is 4.98 Å². The van der Waals surface area contributed by atoms with Crippen LogP contribution in [0.1, 0.15) is 19.4 Å². The molecule has 94 valence electrons. The lowest BCUT2D eigenvalue weighted by Gasteiger charge is -2.08. The minimum Gasteiger partial charge on any atom is -0.369 e. The van der Waals surface area contributed by atoms with Crippen molar-refractivity contribution < 1.29 is 0 Å². The third kappa shape index (κ3) is 2.67. The quantitative estimate of drug-likeness (QED) is 0.941. The molecule has 0 fully saturated rings. The summed E-state index contributed by atoms with van der Waals surface area (Å²) in [5, 5.41) is 3.20. The number of nitrogens with zero attached hydrogens (tertiary/aromatic N) is 3. The molecule has 0 atom stereocenters. The van der Waals surface area contributed by atoms with Crippen LogP contribution in [-0.2, 0) is 6.42 Å². The second kappa shape index (κ2) is 5.91. The molecule has 18 heavy (non-hydrogen) atoms. The van der Waals surface area contributed by atoms with Crippen LogP contribution in [0.5, 0.6) is 0 Å². The van der Waals surface area contributed by atoms with Gasteiger partial charge in [-0.05, 0) is 40.9 Å². The molecule has 4 nitrogen and oxygen atoms in total. The highest BCUT2D eigenvalue weighted by Crippen LogP contribution is 2.24. The molecule has 0 amide bonds. The first-order valence-corrected chi connectivity index (χ1v) is 6.76. The van der Waals surface area contributed by atoms with Crippen molar-refractivity contribution in [3.8, 4) is 11.5 Å². The van der Waals surface area contributed by atoms with Crippen LogP contribution < -0.4 is 5.32 Å². The van der Waals surface area contributed by atoms with Crippen LogP contribution in [0.15, 0.2) is 29.0 Å². The van der Waals surface area contributed by atoms with E-state index in [-0.39, 0.29) is 0 Å². The number of hydrogen-bond acceptors (Lipinski definition) is 4. The van der Waals surface area contributed by atoms with Gasteiger partial charge in [0.05, 0.1) is 4.47 Å². The summed E-state index contributed by atoms with van der Waals surface area (Å²) in [7, 11) is 0. The molecular weight excluding hydrogens is 292 g/mol. The van der Waals surface area contributed by atoms with Crippen molar-refractivity contribution in [2.24, 2.45) is 0 Å². The number of aryl methyl sites for hydroxylation is 1. The summed E-state index contributed by atoms with van der Waals surface area (Å²) in [6.45, 7) is 4.95. The second-order valence-electron chi connectivity index (χ2n) is 3.79. The van der Waals surface area contributed by atoms with Crippen LogP contribution >= 0.6 is 15.9 Å². The summed E-state index contributed by atoms with van der Waals surface area (Å²) in [5.41, 5.74) is 2.01. The van der Waals surface area contributed by atoms with Crippen LogP contribution in [0.2, 0.25) is 0 Å². The van der Waals surface area contributed by atoms with Crippen molar-refractivity contribution in [3.05, 3.63) is 34.6 Å². The number of aromatic nitrogens is 3. The molecular formula is C13H15BrN4. The molecule has 2 aromatic rings. The third-order valence-corrected chi connectivity index (χ3v) is 3.15. The number of pyridine rings is 1. The van der Waals surface area contributed by atoms with Crippen LogP contribution in [0.4, 0.5) is 5.82 Å². The highest BCUT2D eigenvalue weighted by atomic mass is 79.9. The molecule has 0 saturated carbocycles. The maximum atomic E-state index is 4.51. The van der Waals surface area contributed by atoms with E-state index in [1.807, 2.05) is 13.0 Å². The van der Waals surface area contributed by atoms with E-state index >= 15 is 0 Å². The fourth-order valence-electron chi connectivity index (χ4n) is 1.70. The minimum atomic E-state index is 0.659. The average Bonchev–Trinajstić information content (AvgIpc) is 2.41. The van der Waals surface area contributed by atoms with Crippen molar-refractivity contribution >= 4 is 21.7 Å². The maximum Gasteiger partial charge on any atom is 0.180 e. The Bertz CT molecular complexity index is 542. The predicted octanol–water partition coefficient (Wildman–Crippen LogP) is 3.30. The largest absolute Gasteiger partial charge is 0.369 e. The summed E-state index contributed by atoms with van der Waals surface area (Å²) in [6, 6.07) is 3.99. The zero-order valence-corrected chi connectivity index (χ0v) is 12.0. The normalized spacial score (nSPS) is 10.4. The van der Waals surface area contributed by atoms with Crippen molar-refractivity contribution in [1.82, 2.24) is 15.0 Å². The molecule has 2 aromatic heterocycles. The fourth-order valence-corrected chi connectivity index (χ4v) is 2.03. The van der Waals surface area contributed by atoms with E-state index in [0.29, 0.717) is 5.82 Å². The zero-order valence-electron chi connectivity index (χ0n) is 10.4. The minimum absolute atomic E-state index is 0.659. The van der Waals surface area contributed by atoms with E-state index in [9.17, 15) is 0 Å². The first-order chi connectivity index (χ1) is 8.76. The molecule has 0 unspecified atom stereocenters. The standard InChI is InChI=1S/C13H15BrN4/c1-3-9-6-5-7-16-11(9)13-17-8-10(14)12(18-13)15-4-2/h5-8H,3-4H2,1-2H3,(H,15,17,18). The number of halogens is 1. The lowest BCUT2D eigenvalue weighted by Crippen LogP contribution is -2.04. The Balaban J connectivity index is 2.47. The van der Waals surface area contributed by atoms with Gasteiger partial charge in [-0.25, -0.2) is 9.97 Å². The highest BCUT2D eigenvalue weighted by molar-refractivity contribution is 9.10. The van der Waals surface area contributed by atoms with Crippen molar-refractivity contribution in [2.45, 2.75) is 20.3 Å². The SMILES string of the molecule is CCNc1nc(-c2ncccc2CC)ncc1Br. The number of anilines is 1. The zero-order chi connectivity index (χ0) is 13.0. The average molecular weight is 307 g/mol. The summed E-state index contributed by atoms with van der Waals surface area (Å²) in [4.78, 5) is 13.2. The van der Waals surface area contributed by atoms with Gasteiger partial charge in [0.25, 0.3) is 0 Å². The Labute approximate surface area is 115 Å². The Hall–Kier alpha value is -1.49. The molecule has 0 saturated heterocycles. The van der Waals surface area contributed by atoms with Crippen LogP contribution in [0, 0.1) is 0 Å². The van der Waals surface area contributed by atoms with Gasteiger partial charge in [-0.2, -0.15) is 0 Å². The van der Waals surface area contributed by atoms with Crippen LogP contribution in [0.25, 0.3) is 11.5 Å². The number of rotatable bonds is 4. The topological polar surface area (TPSA) is 50.7 Å². The van der Waals surface area contributed by atoms with Gasteiger partial charge >= 0.3 is 0 Å². The molecule has 0 aliphatic carbocycles. The molecule has 0 aromatic carbocycles. The van der Waals surface area contributed by atoms with E-state index in [1.165, 1.54) is 0 Å². The molecule has 0 aliphatic heterocycles. The van der Waals surface area contributed by atoms with Gasteiger partial charge < -0.3 is 5.32 Å². The molecule has 5 heteroatoms. The second-order valence-corrected chi connectivity index (χ2v) is 4.64. The lowest BCUT2D eigenvalue weighted by molar-refractivity contribution is 1.05. The first kappa shape index (κ1) is 13.0. The first-order valence-electron chi connectivity index (χ1n) is 5.97. The van der Waals surface area contributed by atoms with E-state index in [2.05, 4.69) is 49.2 Å². The fraction of sp³-hybridized carbons (Fsp3) is 0.308. The van der Waals surface area contributed by atoms with Gasteiger partial charge in [0.15, 0.2) is 5.82 Å². The summed E-state index contributed by atoms with van der Waals surface area (Å²) in [5.74, 6) is 1.46. The van der Waals surface area contributed by atoms with E-state index in [0.717, 1.165) is 34.5 Å². The van der Waals surface area contributed by atoms with Gasteiger partial charge in [0, 0.05) is 18.9 Å². The van der Waals surface area contributed by atoms with Crippen LogP contribution in [-0.4, -0.2) is 21.5 Å². The monoisotopic (exact) mass is 306 g/mol. The van der Waals surface area contributed by atoms with Crippen LogP contribution in [0.3, 0.4) is 0 Å². The molecule has 0 radical (unpaired) electrons. The Morgan fingerprint density at radius 3 is 2.83 bits per heavy atom. The third-order valence-electron chi connectivity index (χ3n) is 2.57. The van der Waals surface area contributed by atoms with Crippen molar-refractivity contribution in [3.63, 3.8) is 0 Å². The summed E-state index contributed by atoms with van der Waals surface area (Å²) < 4.78 is 0.863. The molecule has 0 spiro atoms. The smallest absolute Gasteiger partial charge is 0.180 e. The van der Waals surface area contributed by atoms with Gasteiger partial charge in [0.2, 0.25) is 0 Å².